The Morgan fingerprint density at radius 3 is 2.92 bits per heavy atom. The number of piperidine rings is 1. The molecule has 0 aromatic carbocycles. The quantitative estimate of drug-likeness (QED) is 0.594. The third-order valence-corrected chi connectivity index (χ3v) is 3.89. The van der Waals surface area contributed by atoms with E-state index in [1.165, 1.54) is 0 Å². The fourth-order valence-corrected chi connectivity index (χ4v) is 2.68. The molecule has 1 aliphatic rings. The maximum absolute atomic E-state index is 11.5. The van der Waals surface area contributed by atoms with Gasteiger partial charge in [-0.2, -0.15) is 0 Å². The van der Waals surface area contributed by atoms with E-state index in [1.54, 1.807) is 0 Å². The summed E-state index contributed by atoms with van der Waals surface area (Å²) in [5.74, 6) is 2.25. The van der Waals surface area contributed by atoms with Crippen LogP contribution in [0.25, 0.3) is 0 Å². The first-order valence-electron chi connectivity index (χ1n) is 4.29. The molecule has 1 unspecified atom stereocenters. The summed E-state index contributed by atoms with van der Waals surface area (Å²) in [5, 5.41) is 2.72. The third kappa shape index (κ3) is 2.99. The van der Waals surface area contributed by atoms with Crippen LogP contribution in [0.3, 0.4) is 0 Å². The Labute approximate surface area is 79.1 Å². The van der Waals surface area contributed by atoms with Gasteiger partial charge in [-0.05, 0) is 19.4 Å². The average molecular weight is 202 g/mol. The summed E-state index contributed by atoms with van der Waals surface area (Å²) in [6, 6.07) is 0. The van der Waals surface area contributed by atoms with Crippen LogP contribution in [0.2, 0.25) is 0 Å². The van der Waals surface area contributed by atoms with Gasteiger partial charge in [-0.3, -0.25) is 0 Å². The summed E-state index contributed by atoms with van der Waals surface area (Å²) in [5.41, 5.74) is 0. The topological polar surface area (TPSA) is 58.2 Å². The predicted octanol–water partition coefficient (Wildman–Crippen LogP) is -0.709. The van der Waals surface area contributed by atoms with Crippen LogP contribution in [-0.2, 0) is 10.0 Å². The van der Waals surface area contributed by atoms with Crippen LogP contribution in [-0.4, -0.2) is 33.3 Å². The van der Waals surface area contributed by atoms with Gasteiger partial charge in [-0.25, -0.2) is 13.1 Å². The van der Waals surface area contributed by atoms with Crippen molar-refractivity contribution < 1.29 is 8.42 Å². The number of terminal acetylenes is 1. The number of nitrogens with one attached hydrogen (secondary N) is 2. The minimum Gasteiger partial charge on any atom is -0.315 e. The molecular formula is C8H14N2O2S. The van der Waals surface area contributed by atoms with Gasteiger partial charge in [0.05, 0.1) is 11.8 Å². The molecular weight excluding hydrogens is 188 g/mol. The molecule has 0 radical (unpaired) electrons. The van der Waals surface area contributed by atoms with Crippen molar-refractivity contribution in [3.8, 4) is 12.3 Å². The van der Waals surface area contributed by atoms with E-state index < -0.39 is 10.0 Å². The van der Waals surface area contributed by atoms with Crippen molar-refractivity contribution >= 4 is 10.0 Å². The van der Waals surface area contributed by atoms with E-state index in [-0.39, 0.29) is 11.8 Å². The van der Waals surface area contributed by atoms with Crippen LogP contribution in [0.5, 0.6) is 0 Å². The average Bonchev–Trinajstić information content (AvgIpc) is 2.16. The summed E-state index contributed by atoms with van der Waals surface area (Å²) in [4.78, 5) is 0. The molecule has 0 aliphatic carbocycles. The second-order valence-corrected chi connectivity index (χ2v) is 5.08. The lowest BCUT2D eigenvalue weighted by Gasteiger charge is -2.22. The highest BCUT2D eigenvalue weighted by Crippen LogP contribution is 2.09. The van der Waals surface area contributed by atoms with E-state index in [0.29, 0.717) is 13.0 Å². The molecule has 5 heteroatoms. The van der Waals surface area contributed by atoms with Crippen molar-refractivity contribution in [1.29, 1.82) is 0 Å². The largest absolute Gasteiger partial charge is 0.315 e. The molecule has 1 fully saturated rings. The molecule has 0 aromatic rings. The van der Waals surface area contributed by atoms with Crippen molar-refractivity contribution in [2.75, 3.05) is 19.6 Å². The van der Waals surface area contributed by atoms with Crippen LogP contribution in [0, 0.1) is 12.3 Å². The normalized spacial score (nSPS) is 23.8. The smallest absolute Gasteiger partial charge is 0.216 e. The monoisotopic (exact) mass is 202 g/mol. The summed E-state index contributed by atoms with van der Waals surface area (Å²) in [6.07, 6.45) is 6.59. The number of sulfonamides is 1. The van der Waals surface area contributed by atoms with Gasteiger partial charge >= 0.3 is 0 Å². The molecule has 2 N–H and O–H groups in total. The van der Waals surface area contributed by atoms with Crippen LogP contribution in [0.15, 0.2) is 0 Å². The Bertz CT molecular complexity index is 286. The predicted molar refractivity (Wildman–Crippen MR) is 51.6 cm³/mol. The SMILES string of the molecule is C#CCNS(=O)(=O)C1CCCNC1. The van der Waals surface area contributed by atoms with Gasteiger partial charge < -0.3 is 5.32 Å². The second-order valence-electron chi connectivity index (χ2n) is 3.04. The van der Waals surface area contributed by atoms with Gasteiger partial charge in [-0.1, -0.05) is 5.92 Å². The third-order valence-electron chi connectivity index (χ3n) is 2.07. The van der Waals surface area contributed by atoms with Crippen molar-refractivity contribution in [3.05, 3.63) is 0 Å². The fraction of sp³-hybridized carbons (Fsp3) is 0.750. The molecule has 0 saturated carbocycles. The number of rotatable bonds is 3. The molecule has 74 valence electrons. The standard InChI is InChI=1S/C8H14N2O2S/c1-2-5-10-13(11,12)8-4-3-6-9-7-8/h1,8-10H,3-7H2. The summed E-state index contributed by atoms with van der Waals surface area (Å²) >= 11 is 0. The molecule has 0 bridgehead atoms. The Morgan fingerprint density at radius 1 is 1.62 bits per heavy atom. The first kappa shape index (κ1) is 10.5. The van der Waals surface area contributed by atoms with Crippen molar-refractivity contribution in [2.24, 2.45) is 0 Å². The minimum atomic E-state index is -3.20. The lowest BCUT2D eigenvalue weighted by molar-refractivity contribution is 0.492. The van der Waals surface area contributed by atoms with E-state index in [0.717, 1.165) is 13.0 Å². The lowest BCUT2D eigenvalue weighted by atomic mass is 10.2. The first-order valence-corrected chi connectivity index (χ1v) is 5.84. The molecule has 4 nitrogen and oxygen atoms in total. The van der Waals surface area contributed by atoms with E-state index in [1.807, 2.05) is 0 Å². The van der Waals surface area contributed by atoms with E-state index >= 15 is 0 Å². The molecule has 1 heterocycles. The molecule has 0 spiro atoms. The first-order chi connectivity index (χ1) is 6.17. The van der Waals surface area contributed by atoms with Crippen LogP contribution in [0.1, 0.15) is 12.8 Å². The highest BCUT2D eigenvalue weighted by atomic mass is 32.2. The Morgan fingerprint density at radius 2 is 2.38 bits per heavy atom. The molecule has 0 aromatic heterocycles. The minimum absolute atomic E-state index is 0.0822. The van der Waals surface area contributed by atoms with Gasteiger partial charge in [0.25, 0.3) is 0 Å². The molecule has 13 heavy (non-hydrogen) atoms. The Balaban J connectivity index is 2.53. The van der Waals surface area contributed by atoms with Gasteiger partial charge in [0.2, 0.25) is 10.0 Å². The molecule has 0 amide bonds. The van der Waals surface area contributed by atoms with Gasteiger partial charge in [-0.15, -0.1) is 6.42 Å². The fourth-order valence-electron chi connectivity index (χ4n) is 1.34. The van der Waals surface area contributed by atoms with E-state index in [9.17, 15) is 8.42 Å². The zero-order valence-corrected chi connectivity index (χ0v) is 8.23. The van der Waals surface area contributed by atoms with Gasteiger partial charge in [0, 0.05) is 6.54 Å². The van der Waals surface area contributed by atoms with E-state index in [2.05, 4.69) is 16.0 Å². The molecule has 1 aliphatic heterocycles. The van der Waals surface area contributed by atoms with Crippen LogP contribution < -0.4 is 10.0 Å². The van der Waals surface area contributed by atoms with Crippen molar-refractivity contribution in [3.63, 3.8) is 0 Å². The Kier molecular flexibility index (Phi) is 3.72. The number of hydrogen-bond donors (Lipinski definition) is 2. The zero-order valence-electron chi connectivity index (χ0n) is 7.41. The molecule has 1 atom stereocenters. The maximum atomic E-state index is 11.5. The summed E-state index contributed by atoms with van der Waals surface area (Å²) in [6.45, 7) is 1.51. The maximum Gasteiger partial charge on any atom is 0.216 e. The second kappa shape index (κ2) is 4.61. The van der Waals surface area contributed by atoms with Gasteiger partial charge in [0.1, 0.15) is 0 Å². The molecule has 1 saturated heterocycles. The molecule has 1 rings (SSSR count). The number of hydrogen-bond acceptors (Lipinski definition) is 3. The zero-order chi connectivity index (χ0) is 9.73. The van der Waals surface area contributed by atoms with Crippen LogP contribution >= 0.6 is 0 Å². The van der Waals surface area contributed by atoms with Crippen molar-refractivity contribution in [1.82, 2.24) is 10.0 Å². The Hall–Kier alpha value is -0.570. The summed E-state index contributed by atoms with van der Waals surface area (Å²) < 4.78 is 25.4. The van der Waals surface area contributed by atoms with Crippen LogP contribution in [0.4, 0.5) is 0 Å². The lowest BCUT2D eigenvalue weighted by Crippen LogP contribution is -2.44. The highest BCUT2D eigenvalue weighted by Gasteiger charge is 2.26. The highest BCUT2D eigenvalue weighted by molar-refractivity contribution is 7.90. The van der Waals surface area contributed by atoms with Gasteiger partial charge in [0.15, 0.2) is 0 Å². The van der Waals surface area contributed by atoms with Crippen molar-refractivity contribution in [2.45, 2.75) is 18.1 Å². The van der Waals surface area contributed by atoms with E-state index in [4.69, 9.17) is 6.42 Å². The summed E-state index contributed by atoms with van der Waals surface area (Å²) in [7, 11) is -3.20.